The van der Waals surface area contributed by atoms with Crippen molar-refractivity contribution in [3.8, 4) is 23.3 Å². The fraction of sp³-hybridized carbons (Fsp3) is 0.438. The van der Waals surface area contributed by atoms with Crippen LogP contribution in [0.15, 0.2) is 24.3 Å². The van der Waals surface area contributed by atoms with Gasteiger partial charge in [-0.3, -0.25) is 0 Å². The summed E-state index contributed by atoms with van der Waals surface area (Å²) in [6.07, 6.45) is -3.30. The summed E-state index contributed by atoms with van der Waals surface area (Å²) < 4.78 is 45.6. The van der Waals surface area contributed by atoms with Crippen molar-refractivity contribution in [2.24, 2.45) is 11.7 Å². The quantitative estimate of drug-likeness (QED) is 0.827. The molecule has 0 aromatic heterocycles. The minimum atomic E-state index is -4.71. The molecule has 1 aliphatic carbocycles. The van der Waals surface area contributed by atoms with Gasteiger partial charge in [-0.25, -0.2) is 4.79 Å². The van der Waals surface area contributed by atoms with Gasteiger partial charge in [-0.2, -0.15) is 0 Å². The Balaban J connectivity index is 1.75. The maximum absolute atomic E-state index is 12.1. The monoisotopic (exact) mass is 342 g/mol. The predicted molar refractivity (Wildman–Crippen MR) is 80.2 cm³/mol. The number of nitrogens with two attached hydrogens (primary N) is 1. The van der Waals surface area contributed by atoms with E-state index in [0.29, 0.717) is 5.75 Å². The van der Waals surface area contributed by atoms with Crippen LogP contribution in [0.3, 0.4) is 0 Å². The molecule has 1 fully saturated rings. The van der Waals surface area contributed by atoms with Crippen LogP contribution in [0.2, 0.25) is 0 Å². The molecule has 1 saturated carbocycles. The second-order valence-electron chi connectivity index (χ2n) is 5.45. The van der Waals surface area contributed by atoms with Crippen LogP contribution >= 0.6 is 0 Å². The van der Waals surface area contributed by atoms with Gasteiger partial charge in [-0.05, 0) is 44.0 Å². The highest BCUT2D eigenvalue weighted by Crippen LogP contribution is 2.32. The minimum Gasteiger partial charge on any atom is -0.490 e. The molecule has 1 aromatic rings. The van der Waals surface area contributed by atoms with Crippen LogP contribution in [-0.4, -0.2) is 24.5 Å². The summed E-state index contributed by atoms with van der Waals surface area (Å²) in [6, 6.07) is 4.33. The number of hydrogen-bond donors (Lipinski definition) is 2. The Kier molecular flexibility index (Phi) is 5.44. The van der Waals surface area contributed by atoms with Gasteiger partial charge in [-0.1, -0.05) is 11.8 Å². The van der Waals surface area contributed by atoms with Crippen LogP contribution < -0.4 is 20.5 Å². The van der Waals surface area contributed by atoms with Gasteiger partial charge in [-0.15, -0.1) is 13.2 Å². The first-order chi connectivity index (χ1) is 11.2. The zero-order valence-electron chi connectivity index (χ0n) is 12.9. The van der Waals surface area contributed by atoms with Gasteiger partial charge in [0.2, 0.25) is 0 Å². The zero-order valence-corrected chi connectivity index (χ0v) is 12.9. The number of benzene rings is 1. The van der Waals surface area contributed by atoms with Crippen LogP contribution in [0, 0.1) is 17.8 Å². The van der Waals surface area contributed by atoms with Gasteiger partial charge in [0.25, 0.3) is 0 Å². The van der Waals surface area contributed by atoms with E-state index in [1.165, 1.54) is 24.3 Å². The lowest BCUT2D eigenvalue weighted by molar-refractivity contribution is -0.274. The summed E-state index contributed by atoms with van der Waals surface area (Å²) in [5, 5.41) is 2.46. The van der Waals surface area contributed by atoms with E-state index in [1.54, 1.807) is 6.92 Å². The molecule has 2 amide bonds. The van der Waals surface area contributed by atoms with Gasteiger partial charge in [0.05, 0.1) is 6.04 Å². The molecule has 1 atom stereocenters. The summed E-state index contributed by atoms with van der Waals surface area (Å²) in [4.78, 5) is 10.6. The largest absolute Gasteiger partial charge is 0.573 e. The molecule has 3 N–H and O–H groups in total. The van der Waals surface area contributed by atoms with Crippen molar-refractivity contribution in [3.05, 3.63) is 24.3 Å². The highest BCUT2D eigenvalue weighted by atomic mass is 19.4. The third-order valence-corrected chi connectivity index (χ3v) is 3.32. The Morgan fingerprint density at radius 1 is 1.29 bits per heavy atom. The average Bonchev–Trinajstić information content (AvgIpc) is 2.40. The summed E-state index contributed by atoms with van der Waals surface area (Å²) in [5.74, 6) is 6.27. The molecule has 2 rings (SSSR count). The first kappa shape index (κ1) is 17.8. The van der Waals surface area contributed by atoms with Crippen molar-refractivity contribution in [1.82, 2.24) is 5.32 Å². The number of carbonyl (C=O) groups is 1. The molecule has 1 unspecified atom stereocenters. The lowest BCUT2D eigenvalue weighted by atomic mass is 9.82. The van der Waals surface area contributed by atoms with Crippen molar-refractivity contribution in [3.63, 3.8) is 0 Å². The number of halogens is 3. The number of nitrogens with one attached hydrogen (secondary N) is 1. The second kappa shape index (κ2) is 7.34. The molecule has 24 heavy (non-hydrogen) atoms. The van der Waals surface area contributed by atoms with E-state index in [2.05, 4.69) is 21.9 Å². The normalized spacial score (nSPS) is 20.8. The number of rotatable bonds is 4. The van der Waals surface area contributed by atoms with E-state index < -0.39 is 12.4 Å². The molecular weight excluding hydrogens is 325 g/mol. The maximum Gasteiger partial charge on any atom is 0.573 e. The molecule has 8 heteroatoms. The van der Waals surface area contributed by atoms with E-state index in [1.807, 2.05) is 0 Å². The molecule has 0 radical (unpaired) electrons. The van der Waals surface area contributed by atoms with Crippen LogP contribution in [0.4, 0.5) is 18.0 Å². The van der Waals surface area contributed by atoms with E-state index in [9.17, 15) is 18.0 Å². The van der Waals surface area contributed by atoms with Crippen molar-refractivity contribution >= 4 is 6.03 Å². The molecule has 5 nitrogen and oxygen atoms in total. The third kappa shape index (κ3) is 5.91. The van der Waals surface area contributed by atoms with Crippen LogP contribution in [0.1, 0.15) is 19.8 Å². The zero-order chi connectivity index (χ0) is 17.7. The van der Waals surface area contributed by atoms with E-state index in [0.717, 1.165) is 12.8 Å². The number of urea groups is 1. The first-order valence-electron chi connectivity index (χ1n) is 7.31. The summed E-state index contributed by atoms with van der Waals surface area (Å²) in [7, 11) is 0. The molecule has 0 bridgehead atoms. The summed E-state index contributed by atoms with van der Waals surface area (Å²) >= 11 is 0. The van der Waals surface area contributed by atoms with E-state index in [-0.39, 0.29) is 23.8 Å². The molecule has 0 spiro atoms. The fourth-order valence-corrected chi connectivity index (χ4v) is 2.18. The van der Waals surface area contributed by atoms with Gasteiger partial charge >= 0.3 is 12.4 Å². The molecular formula is C16H17F3N2O3. The maximum atomic E-state index is 12.1. The first-order valence-corrected chi connectivity index (χ1v) is 7.31. The molecule has 1 aromatic carbocycles. The Hall–Kier alpha value is -2.56. The SMILES string of the molecule is CC(C#C[C@H]1C[C@@H](Oc2ccc(OC(F)(F)F)cc2)C1)NC(N)=O. The highest BCUT2D eigenvalue weighted by molar-refractivity contribution is 5.72. The van der Waals surface area contributed by atoms with Gasteiger partial charge < -0.3 is 20.5 Å². The lowest BCUT2D eigenvalue weighted by Gasteiger charge is -2.32. The van der Waals surface area contributed by atoms with Crippen LogP contribution in [0.5, 0.6) is 11.5 Å². The van der Waals surface area contributed by atoms with Crippen molar-refractivity contribution in [2.75, 3.05) is 0 Å². The number of carbonyl (C=O) groups excluding carboxylic acids is 1. The van der Waals surface area contributed by atoms with Crippen molar-refractivity contribution in [2.45, 2.75) is 38.3 Å². The average molecular weight is 342 g/mol. The van der Waals surface area contributed by atoms with Gasteiger partial charge in [0.15, 0.2) is 0 Å². The van der Waals surface area contributed by atoms with Crippen LogP contribution in [0.25, 0.3) is 0 Å². The fourth-order valence-electron chi connectivity index (χ4n) is 2.18. The van der Waals surface area contributed by atoms with Crippen LogP contribution in [-0.2, 0) is 0 Å². The number of hydrogen-bond acceptors (Lipinski definition) is 3. The minimum absolute atomic E-state index is 0.0295. The molecule has 0 saturated heterocycles. The van der Waals surface area contributed by atoms with E-state index >= 15 is 0 Å². The Morgan fingerprint density at radius 3 is 2.42 bits per heavy atom. The smallest absolute Gasteiger partial charge is 0.490 e. The number of alkyl halides is 3. The van der Waals surface area contributed by atoms with Crippen molar-refractivity contribution < 1.29 is 27.4 Å². The number of primary amides is 1. The predicted octanol–water partition coefficient (Wildman–Crippen LogP) is 2.80. The summed E-state index contributed by atoms with van der Waals surface area (Å²) in [5.41, 5.74) is 4.99. The number of ether oxygens (including phenoxy) is 2. The Labute approximate surface area is 137 Å². The Bertz CT molecular complexity index is 629. The molecule has 0 heterocycles. The Morgan fingerprint density at radius 2 is 1.88 bits per heavy atom. The number of amides is 2. The standard InChI is InChI=1S/C16H17F3N2O3/c1-10(21-15(20)22)2-3-11-8-14(9-11)23-12-4-6-13(7-5-12)24-16(17,18)19/h4-7,10-11,14H,8-9H2,1H3,(H3,20,21,22)/t10?,11-,14+. The van der Waals surface area contributed by atoms with Crippen molar-refractivity contribution in [1.29, 1.82) is 0 Å². The highest BCUT2D eigenvalue weighted by Gasteiger charge is 2.31. The molecule has 0 aliphatic heterocycles. The topological polar surface area (TPSA) is 73.6 Å². The second-order valence-corrected chi connectivity index (χ2v) is 5.45. The van der Waals surface area contributed by atoms with Gasteiger partial charge in [0.1, 0.15) is 17.6 Å². The van der Waals surface area contributed by atoms with Gasteiger partial charge in [0, 0.05) is 5.92 Å². The molecule has 130 valence electrons. The lowest BCUT2D eigenvalue weighted by Crippen LogP contribution is -2.36. The third-order valence-electron chi connectivity index (χ3n) is 3.32. The molecule has 1 aliphatic rings. The summed E-state index contributed by atoms with van der Waals surface area (Å²) in [6.45, 7) is 1.73. The van der Waals surface area contributed by atoms with E-state index in [4.69, 9.17) is 10.5 Å².